The zero-order valence-corrected chi connectivity index (χ0v) is 17.8. The van der Waals surface area contributed by atoms with Crippen molar-refractivity contribution in [2.24, 2.45) is 4.99 Å². The van der Waals surface area contributed by atoms with Gasteiger partial charge in [-0.15, -0.1) is 0 Å². The molecule has 156 valence electrons. The SMILES string of the molecule is CC[C@@H](C)NC(=O)c1ccc(NC(=O)C[C@@H]2SC(N3CCCCC3)=NC2=O)cc1. The van der Waals surface area contributed by atoms with Crippen molar-refractivity contribution in [2.45, 2.75) is 57.2 Å². The second-order valence-electron chi connectivity index (χ2n) is 7.50. The number of nitrogens with one attached hydrogen (secondary N) is 2. The average molecular weight is 417 g/mol. The molecule has 1 aromatic rings. The zero-order valence-electron chi connectivity index (χ0n) is 16.9. The lowest BCUT2D eigenvalue weighted by Gasteiger charge is -2.27. The average Bonchev–Trinajstić information content (AvgIpc) is 3.09. The third-order valence-corrected chi connectivity index (χ3v) is 6.36. The van der Waals surface area contributed by atoms with Crippen molar-refractivity contribution in [1.82, 2.24) is 10.2 Å². The number of hydrogen-bond donors (Lipinski definition) is 2. The predicted molar refractivity (Wildman–Crippen MR) is 116 cm³/mol. The van der Waals surface area contributed by atoms with Crippen LogP contribution in [0.5, 0.6) is 0 Å². The minimum absolute atomic E-state index is 0.0839. The number of rotatable bonds is 6. The third kappa shape index (κ3) is 5.82. The van der Waals surface area contributed by atoms with Crippen molar-refractivity contribution in [1.29, 1.82) is 0 Å². The van der Waals surface area contributed by atoms with Crippen molar-refractivity contribution < 1.29 is 14.4 Å². The number of piperidine rings is 1. The van der Waals surface area contributed by atoms with Gasteiger partial charge < -0.3 is 15.5 Å². The van der Waals surface area contributed by atoms with Gasteiger partial charge in [0, 0.05) is 36.8 Å². The van der Waals surface area contributed by atoms with Crippen LogP contribution in [-0.2, 0) is 9.59 Å². The highest BCUT2D eigenvalue weighted by Crippen LogP contribution is 2.29. The van der Waals surface area contributed by atoms with Crippen LogP contribution in [0.2, 0.25) is 0 Å². The van der Waals surface area contributed by atoms with Crippen LogP contribution in [0.3, 0.4) is 0 Å². The van der Waals surface area contributed by atoms with Crippen LogP contribution in [-0.4, -0.2) is 52.2 Å². The molecule has 2 heterocycles. The first kappa shape index (κ1) is 21.4. The molecule has 1 saturated heterocycles. The molecule has 29 heavy (non-hydrogen) atoms. The highest BCUT2D eigenvalue weighted by molar-refractivity contribution is 8.15. The third-order valence-electron chi connectivity index (χ3n) is 5.15. The summed E-state index contributed by atoms with van der Waals surface area (Å²) in [5, 5.41) is 6.00. The molecule has 1 fully saturated rings. The lowest BCUT2D eigenvalue weighted by molar-refractivity contribution is -0.121. The number of amides is 3. The van der Waals surface area contributed by atoms with E-state index in [1.807, 2.05) is 13.8 Å². The van der Waals surface area contributed by atoms with Crippen LogP contribution >= 0.6 is 11.8 Å². The standard InChI is InChI=1S/C21H28N4O3S/c1-3-14(2)22-19(27)15-7-9-16(10-8-15)23-18(26)13-17-20(28)24-21(29-17)25-11-5-4-6-12-25/h7-10,14,17H,3-6,11-13H2,1-2H3,(H,22,27)(H,23,26)/t14-,17+/m1/s1. The summed E-state index contributed by atoms with van der Waals surface area (Å²) >= 11 is 1.39. The van der Waals surface area contributed by atoms with Crippen LogP contribution in [0.25, 0.3) is 0 Å². The number of carbonyl (C=O) groups excluding carboxylic acids is 3. The number of anilines is 1. The molecule has 0 radical (unpaired) electrons. The summed E-state index contributed by atoms with van der Waals surface area (Å²) in [6.07, 6.45) is 4.39. The van der Waals surface area contributed by atoms with Gasteiger partial charge in [-0.2, -0.15) is 4.99 Å². The molecular weight excluding hydrogens is 388 g/mol. The van der Waals surface area contributed by atoms with Gasteiger partial charge in [-0.1, -0.05) is 18.7 Å². The smallest absolute Gasteiger partial charge is 0.262 e. The van der Waals surface area contributed by atoms with Gasteiger partial charge in [0.15, 0.2) is 5.17 Å². The largest absolute Gasteiger partial charge is 0.351 e. The Morgan fingerprint density at radius 2 is 1.90 bits per heavy atom. The van der Waals surface area contributed by atoms with Gasteiger partial charge in [-0.25, -0.2) is 0 Å². The first-order valence-corrected chi connectivity index (χ1v) is 11.1. The Bertz CT molecular complexity index is 788. The van der Waals surface area contributed by atoms with Crippen LogP contribution in [0.15, 0.2) is 29.3 Å². The maximum absolute atomic E-state index is 12.4. The molecule has 2 atom stereocenters. The van der Waals surface area contributed by atoms with E-state index in [1.165, 1.54) is 18.2 Å². The summed E-state index contributed by atoms with van der Waals surface area (Å²) < 4.78 is 0. The number of thioether (sulfide) groups is 1. The van der Waals surface area contributed by atoms with Crippen molar-refractivity contribution in [3.8, 4) is 0 Å². The Kier molecular flexibility index (Phi) is 7.30. The normalized spacial score (nSPS) is 20.2. The van der Waals surface area contributed by atoms with Gasteiger partial charge in [-0.05, 0) is 56.9 Å². The monoisotopic (exact) mass is 416 g/mol. The van der Waals surface area contributed by atoms with Crippen LogP contribution in [0, 0.1) is 0 Å². The maximum Gasteiger partial charge on any atom is 0.262 e. The summed E-state index contributed by atoms with van der Waals surface area (Å²) in [4.78, 5) is 43.0. The molecule has 0 saturated carbocycles. The van der Waals surface area contributed by atoms with E-state index in [-0.39, 0.29) is 30.2 Å². The van der Waals surface area contributed by atoms with Crippen molar-refractivity contribution in [3.63, 3.8) is 0 Å². The van der Waals surface area contributed by atoms with Gasteiger partial charge in [-0.3, -0.25) is 14.4 Å². The van der Waals surface area contributed by atoms with E-state index in [2.05, 4.69) is 20.5 Å². The number of aliphatic imine (C=N–C) groups is 1. The molecule has 2 N–H and O–H groups in total. The van der Waals surface area contributed by atoms with Gasteiger partial charge in [0.2, 0.25) is 5.91 Å². The molecule has 8 heteroatoms. The Morgan fingerprint density at radius 3 is 2.55 bits per heavy atom. The van der Waals surface area contributed by atoms with E-state index >= 15 is 0 Å². The fourth-order valence-corrected chi connectivity index (χ4v) is 4.34. The number of hydrogen-bond acceptors (Lipinski definition) is 5. The Morgan fingerprint density at radius 1 is 1.21 bits per heavy atom. The molecule has 3 amide bonds. The summed E-state index contributed by atoms with van der Waals surface area (Å²) in [6, 6.07) is 6.87. The molecule has 2 aliphatic heterocycles. The van der Waals surface area contributed by atoms with Crippen molar-refractivity contribution in [3.05, 3.63) is 29.8 Å². The molecule has 0 aromatic heterocycles. The zero-order chi connectivity index (χ0) is 20.8. The lowest BCUT2D eigenvalue weighted by Crippen LogP contribution is -2.33. The quantitative estimate of drug-likeness (QED) is 0.744. The first-order valence-electron chi connectivity index (χ1n) is 10.2. The first-order chi connectivity index (χ1) is 14.0. The lowest BCUT2D eigenvalue weighted by atomic mass is 10.1. The minimum atomic E-state index is -0.465. The number of benzene rings is 1. The topological polar surface area (TPSA) is 90.9 Å². The van der Waals surface area contributed by atoms with E-state index in [4.69, 9.17) is 0 Å². The molecule has 3 rings (SSSR count). The molecule has 0 spiro atoms. The van der Waals surface area contributed by atoms with E-state index in [9.17, 15) is 14.4 Å². The van der Waals surface area contributed by atoms with Gasteiger partial charge in [0.25, 0.3) is 11.8 Å². The summed E-state index contributed by atoms with van der Waals surface area (Å²) in [6.45, 7) is 5.82. The van der Waals surface area contributed by atoms with Crippen LogP contribution in [0.4, 0.5) is 5.69 Å². The highest BCUT2D eigenvalue weighted by atomic mass is 32.2. The number of nitrogens with zero attached hydrogens (tertiary/aromatic N) is 2. The van der Waals surface area contributed by atoms with Crippen LogP contribution < -0.4 is 10.6 Å². The molecular formula is C21H28N4O3S. The molecule has 0 unspecified atom stereocenters. The van der Waals surface area contributed by atoms with Crippen molar-refractivity contribution >= 4 is 40.3 Å². The molecule has 7 nitrogen and oxygen atoms in total. The van der Waals surface area contributed by atoms with Gasteiger partial charge in [0.05, 0.1) is 0 Å². The summed E-state index contributed by atoms with van der Waals surface area (Å²) in [5.74, 6) is -0.599. The van der Waals surface area contributed by atoms with E-state index < -0.39 is 5.25 Å². The van der Waals surface area contributed by atoms with Crippen molar-refractivity contribution in [2.75, 3.05) is 18.4 Å². The second-order valence-corrected chi connectivity index (χ2v) is 8.67. The van der Waals surface area contributed by atoms with E-state index in [1.54, 1.807) is 24.3 Å². The van der Waals surface area contributed by atoms with E-state index in [0.29, 0.717) is 11.3 Å². The van der Waals surface area contributed by atoms with Crippen LogP contribution in [0.1, 0.15) is 56.3 Å². The minimum Gasteiger partial charge on any atom is -0.351 e. The summed E-state index contributed by atoms with van der Waals surface area (Å²) in [7, 11) is 0. The number of amidine groups is 1. The number of carbonyl (C=O) groups is 3. The predicted octanol–water partition coefficient (Wildman–Crippen LogP) is 3.03. The molecule has 0 bridgehead atoms. The second kappa shape index (κ2) is 9.91. The molecule has 2 aliphatic rings. The Balaban J connectivity index is 1.49. The molecule has 0 aliphatic carbocycles. The number of likely N-dealkylation sites (tertiary alicyclic amines) is 1. The fraction of sp³-hybridized carbons (Fsp3) is 0.524. The van der Waals surface area contributed by atoms with E-state index in [0.717, 1.165) is 37.5 Å². The van der Waals surface area contributed by atoms with Gasteiger partial charge >= 0.3 is 0 Å². The molecule has 1 aromatic carbocycles. The summed E-state index contributed by atoms with van der Waals surface area (Å²) in [5.41, 5.74) is 1.15. The maximum atomic E-state index is 12.4. The Labute approximate surface area is 175 Å². The highest BCUT2D eigenvalue weighted by Gasteiger charge is 2.33. The fourth-order valence-electron chi connectivity index (χ4n) is 3.22. The Hall–Kier alpha value is -2.35. The van der Waals surface area contributed by atoms with Gasteiger partial charge in [0.1, 0.15) is 5.25 Å².